The first-order chi connectivity index (χ1) is 15.8. The van der Waals surface area contributed by atoms with Crippen LogP contribution in [-0.2, 0) is 0 Å². The third-order valence-corrected chi connectivity index (χ3v) is 6.89. The van der Waals surface area contributed by atoms with Gasteiger partial charge in [-0.05, 0) is 17.5 Å². The zero-order valence-electron chi connectivity index (χ0n) is 20.8. The molecule has 0 saturated carbocycles. The largest absolute Gasteiger partial charge is 0.327 e. The smallest absolute Gasteiger partial charge is 0.0241 e. The molecule has 0 spiro atoms. The number of hydrogen-bond donors (Lipinski definition) is 1. The molecular formula is C31H49N. The summed E-state index contributed by atoms with van der Waals surface area (Å²) in [7, 11) is 0. The Kier molecular flexibility index (Phi) is 14.9. The van der Waals surface area contributed by atoms with Gasteiger partial charge in [0.15, 0.2) is 0 Å². The minimum absolute atomic E-state index is 0.182. The van der Waals surface area contributed by atoms with Crippen LogP contribution in [0.1, 0.15) is 127 Å². The van der Waals surface area contributed by atoms with Crippen LogP contribution < -0.4 is 5.73 Å². The van der Waals surface area contributed by atoms with Crippen LogP contribution in [0.4, 0.5) is 0 Å². The highest BCUT2D eigenvalue weighted by molar-refractivity contribution is 5.34. The van der Waals surface area contributed by atoms with Crippen molar-refractivity contribution in [1.82, 2.24) is 0 Å². The van der Waals surface area contributed by atoms with Gasteiger partial charge >= 0.3 is 0 Å². The molecule has 32 heavy (non-hydrogen) atoms. The molecule has 0 fully saturated rings. The summed E-state index contributed by atoms with van der Waals surface area (Å²) < 4.78 is 0. The number of nitrogens with two attached hydrogens (primary N) is 1. The second kappa shape index (κ2) is 17.9. The van der Waals surface area contributed by atoms with Crippen LogP contribution in [0.3, 0.4) is 0 Å². The van der Waals surface area contributed by atoms with Crippen molar-refractivity contribution in [3.8, 4) is 0 Å². The van der Waals surface area contributed by atoms with Crippen LogP contribution >= 0.6 is 0 Å². The summed E-state index contributed by atoms with van der Waals surface area (Å²) in [6.45, 7) is 2.29. The van der Waals surface area contributed by atoms with E-state index < -0.39 is 0 Å². The molecule has 0 aliphatic heterocycles. The van der Waals surface area contributed by atoms with E-state index in [0.29, 0.717) is 5.92 Å². The quantitative estimate of drug-likeness (QED) is 0.218. The Bertz CT molecular complexity index is 611. The molecule has 0 radical (unpaired) electrons. The molecular weight excluding hydrogens is 386 g/mol. The van der Waals surface area contributed by atoms with E-state index in [2.05, 4.69) is 67.6 Å². The van der Waals surface area contributed by atoms with Gasteiger partial charge in [0, 0.05) is 12.0 Å². The summed E-state index contributed by atoms with van der Waals surface area (Å²) in [5, 5.41) is 0. The number of benzene rings is 2. The van der Waals surface area contributed by atoms with E-state index in [4.69, 9.17) is 5.73 Å². The van der Waals surface area contributed by atoms with Crippen molar-refractivity contribution in [3.63, 3.8) is 0 Å². The van der Waals surface area contributed by atoms with Crippen molar-refractivity contribution in [2.45, 2.75) is 122 Å². The van der Waals surface area contributed by atoms with E-state index >= 15 is 0 Å². The number of unbranched alkanes of at least 4 members (excludes halogenated alkanes) is 14. The Morgan fingerprint density at radius 3 is 1.22 bits per heavy atom. The fraction of sp³-hybridized carbons (Fsp3) is 0.613. The van der Waals surface area contributed by atoms with Crippen LogP contribution in [0, 0.1) is 0 Å². The highest BCUT2D eigenvalue weighted by Crippen LogP contribution is 2.29. The van der Waals surface area contributed by atoms with E-state index in [1.54, 1.807) is 0 Å². The molecule has 1 unspecified atom stereocenters. The Morgan fingerprint density at radius 1 is 0.500 bits per heavy atom. The van der Waals surface area contributed by atoms with Gasteiger partial charge in [-0.3, -0.25) is 0 Å². The Labute approximate surface area is 199 Å². The zero-order chi connectivity index (χ0) is 22.7. The highest BCUT2D eigenvalue weighted by atomic mass is 14.6. The van der Waals surface area contributed by atoms with Crippen molar-refractivity contribution in [2.24, 2.45) is 5.73 Å². The lowest BCUT2D eigenvalue weighted by atomic mass is 9.83. The van der Waals surface area contributed by atoms with E-state index in [9.17, 15) is 0 Å². The fourth-order valence-corrected chi connectivity index (χ4v) is 4.93. The molecule has 2 rings (SSSR count). The first-order valence-corrected chi connectivity index (χ1v) is 13.7. The number of hydrogen-bond acceptors (Lipinski definition) is 1. The molecule has 0 aliphatic rings. The Balaban J connectivity index is 1.53. The van der Waals surface area contributed by atoms with E-state index in [-0.39, 0.29) is 6.04 Å². The van der Waals surface area contributed by atoms with Crippen molar-refractivity contribution in [1.29, 1.82) is 0 Å². The predicted octanol–water partition coefficient (Wildman–Crippen LogP) is 9.41. The van der Waals surface area contributed by atoms with Gasteiger partial charge in [-0.1, -0.05) is 164 Å². The normalized spacial score (nSPS) is 12.3. The molecule has 0 saturated heterocycles. The Morgan fingerprint density at radius 2 is 0.844 bits per heavy atom. The maximum Gasteiger partial charge on any atom is 0.0241 e. The topological polar surface area (TPSA) is 26.0 Å². The molecule has 1 atom stereocenters. The standard InChI is InChI=1S/C31H49N/c1-2-3-4-5-6-7-8-9-10-11-12-13-14-15-22-27-30(32)31(28-23-18-16-19-24-28)29-25-20-17-21-26-29/h16-21,23-26,30-31H,2-15,22,27,32H2,1H3. The van der Waals surface area contributed by atoms with Gasteiger partial charge in [-0.2, -0.15) is 0 Å². The molecule has 0 amide bonds. The second-order valence-electron chi connectivity index (χ2n) is 9.70. The third kappa shape index (κ3) is 11.3. The predicted molar refractivity (Wildman–Crippen MR) is 142 cm³/mol. The number of rotatable bonds is 19. The molecule has 0 heterocycles. The lowest BCUT2D eigenvalue weighted by molar-refractivity contribution is 0.494. The van der Waals surface area contributed by atoms with E-state index in [0.717, 1.165) is 6.42 Å². The first kappa shape index (κ1) is 26.7. The molecule has 2 aromatic rings. The molecule has 0 aliphatic carbocycles. The minimum Gasteiger partial charge on any atom is -0.327 e. The highest BCUT2D eigenvalue weighted by Gasteiger charge is 2.21. The summed E-state index contributed by atoms with van der Waals surface area (Å²) in [4.78, 5) is 0. The molecule has 2 aromatic carbocycles. The summed E-state index contributed by atoms with van der Waals surface area (Å²) >= 11 is 0. The monoisotopic (exact) mass is 435 g/mol. The maximum atomic E-state index is 6.74. The second-order valence-corrected chi connectivity index (χ2v) is 9.70. The van der Waals surface area contributed by atoms with Crippen LogP contribution in [0.15, 0.2) is 60.7 Å². The average molecular weight is 436 g/mol. The molecule has 0 aromatic heterocycles. The third-order valence-electron chi connectivity index (χ3n) is 6.89. The van der Waals surface area contributed by atoms with Crippen molar-refractivity contribution < 1.29 is 0 Å². The molecule has 178 valence electrons. The fourth-order valence-electron chi connectivity index (χ4n) is 4.93. The van der Waals surface area contributed by atoms with Crippen molar-refractivity contribution in [3.05, 3.63) is 71.8 Å². The van der Waals surface area contributed by atoms with Crippen LogP contribution in [0.2, 0.25) is 0 Å². The van der Waals surface area contributed by atoms with Gasteiger partial charge in [0.1, 0.15) is 0 Å². The molecule has 1 nitrogen and oxygen atoms in total. The van der Waals surface area contributed by atoms with Crippen LogP contribution in [-0.4, -0.2) is 6.04 Å². The summed E-state index contributed by atoms with van der Waals surface area (Å²) in [5.41, 5.74) is 9.42. The average Bonchev–Trinajstić information content (AvgIpc) is 2.83. The van der Waals surface area contributed by atoms with Gasteiger partial charge in [0.05, 0.1) is 0 Å². The zero-order valence-corrected chi connectivity index (χ0v) is 20.8. The van der Waals surface area contributed by atoms with Gasteiger partial charge in [-0.25, -0.2) is 0 Å². The minimum atomic E-state index is 0.182. The Hall–Kier alpha value is -1.60. The van der Waals surface area contributed by atoms with E-state index in [1.807, 2.05) is 0 Å². The molecule has 2 N–H and O–H groups in total. The molecule has 0 bridgehead atoms. The summed E-state index contributed by atoms with van der Waals surface area (Å²) in [5.74, 6) is 0.295. The lowest BCUT2D eigenvalue weighted by Crippen LogP contribution is -2.29. The van der Waals surface area contributed by atoms with Gasteiger partial charge in [0.25, 0.3) is 0 Å². The lowest BCUT2D eigenvalue weighted by Gasteiger charge is -2.25. The van der Waals surface area contributed by atoms with Gasteiger partial charge in [0.2, 0.25) is 0 Å². The van der Waals surface area contributed by atoms with Gasteiger partial charge < -0.3 is 5.73 Å². The summed E-state index contributed by atoms with van der Waals surface area (Å²) in [6.07, 6.45) is 22.2. The van der Waals surface area contributed by atoms with Crippen LogP contribution in [0.25, 0.3) is 0 Å². The first-order valence-electron chi connectivity index (χ1n) is 13.7. The summed E-state index contributed by atoms with van der Waals surface area (Å²) in [6, 6.07) is 21.8. The van der Waals surface area contributed by atoms with Crippen LogP contribution in [0.5, 0.6) is 0 Å². The van der Waals surface area contributed by atoms with Gasteiger partial charge in [-0.15, -0.1) is 0 Å². The SMILES string of the molecule is CCCCCCCCCCCCCCCCCC(N)C(c1ccccc1)c1ccccc1. The van der Waals surface area contributed by atoms with Crippen molar-refractivity contribution in [2.75, 3.05) is 0 Å². The van der Waals surface area contributed by atoms with Crippen molar-refractivity contribution >= 4 is 0 Å². The molecule has 1 heteroatoms. The maximum absolute atomic E-state index is 6.74. The van der Waals surface area contributed by atoms with E-state index in [1.165, 1.54) is 107 Å².